The van der Waals surface area contributed by atoms with Gasteiger partial charge in [0.15, 0.2) is 0 Å². The molecule has 3 rings (SSSR count). The predicted molar refractivity (Wildman–Crippen MR) is 80.0 cm³/mol. The van der Waals surface area contributed by atoms with E-state index in [0.717, 1.165) is 0 Å². The highest BCUT2D eigenvalue weighted by Gasteiger charge is 2.08. The van der Waals surface area contributed by atoms with Crippen molar-refractivity contribution >= 4 is 18.4 Å². The summed E-state index contributed by atoms with van der Waals surface area (Å²) in [5, 5.41) is 11.0. The molecule has 7 heteroatoms. The molecule has 0 bridgehead atoms. The van der Waals surface area contributed by atoms with Crippen LogP contribution in [0.2, 0.25) is 0 Å². The van der Waals surface area contributed by atoms with Gasteiger partial charge in [0.2, 0.25) is 10.6 Å². The molecule has 21 heavy (non-hydrogen) atoms. The normalized spacial score (nSPS) is 11.1. The lowest BCUT2D eigenvalue weighted by Gasteiger charge is -1.99. The molecule has 0 saturated heterocycles. The van der Waals surface area contributed by atoms with Crippen LogP contribution in [0.15, 0.2) is 53.8 Å². The highest BCUT2D eigenvalue weighted by molar-refractivity contribution is 7.71. The van der Waals surface area contributed by atoms with Gasteiger partial charge in [-0.1, -0.05) is 18.2 Å². The monoisotopic (exact) mass is 299 g/mol. The van der Waals surface area contributed by atoms with E-state index in [1.807, 2.05) is 12.1 Å². The van der Waals surface area contributed by atoms with Crippen molar-refractivity contribution in [3.05, 3.63) is 64.8 Å². The Morgan fingerprint density at radius 3 is 2.90 bits per heavy atom. The zero-order valence-corrected chi connectivity index (χ0v) is 11.6. The molecule has 0 unspecified atom stereocenters. The quantitative estimate of drug-likeness (QED) is 0.597. The van der Waals surface area contributed by atoms with Crippen molar-refractivity contribution in [3.8, 4) is 11.5 Å². The Labute approximate surface area is 124 Å². The summed E-state index contributed by atoms with van der Waals surface area (Å²) in [6.45, 7) is 0. The number of H-pyrrole nitrogens is 1. The van der Waals surface area contributed by atoms with Crippen LogP contribution < -0.4 is 0 Å². The Hall–Kier alpha value is -2.67. The zero-order valence-electron chi connectivity index (χ0n) is 10.8. The van der Waals surface area contributed by atoms with Gasteiger partial charge in [0, 0.05) is 6.20 Å². The van der Waals surface area contributed by atoms with Crippen molar-refractivity contribution < 1.29 is 4.39 Å². The lowest BCUT2D eigenvalue weighted by atomic mass is 10.2. The number of halogens is 1. The third-order valence-electron chi connectivity index (χ3n) is 2.72. The van der Waals surface area contributed by atoms with Crippen LogP contribution in [0.5, 0.6) is 0 Å². The molecule has 0 aliphatic carbocycles. The molecule has 1 N–H and O–H groups in total. The molecule has 2 aromatic heterocycles. The van der Waals surface area contributed by atoms with Crippen molar-refractivity contribution in [2.45, 2.75) is 0 Å². The van der Waals surface area contributed by atoms with Gasteiger partial charge in [-0.3, -0.25) is 4.98 Å². The van der Waals surface area contributed by atoms with Crippen molar-refractivity contribution in [2.75, 3.05) is 0 Å². The van der Waals surface area contributed by atoms with Gasteiger partial charge in [-0.05, 0) is 42.0 Å². The Morgan fingerprint density at radius 2 is 2.14 bits per heavy atom. The predicted octanol–water partition coefficient (Wildman–Crippen LogP) is 3.02. The first-order valence-corrected chi connectivity index (χ1v) is 6.53. The second-order valence-corrected chi connectivity index (χ2v) is 4.57. The molecule has 0 aliphatic heterocycles. The first-order chi connectivity index (χ1) is 10.2. The standard InChI is InChI=1S/C14H10FN5S/c15-11-5-3-4-10(8-11)9-17-20-13(18-19-14(20)21)12-6-1-2-7-16-12/h1-9H,(H,19,21)/b17-9+. The topological polar surface area (TPSA) is 58.9 Å². The highest BCUT2D eigenvalue weighted by atomic mass is 32.1. The Morgan fingerprint density at radius 1 is 1.24 bits per heavy atom. The van der Waals surface area contributed by atoms with Crippen LogP contribution in [0.1, 0.15) is 5.56 Å². The Kier molecular flexibility index (Phi) is 3.65. The molecule has 1 aromatic carbocycles. The number of rotatable bonds is 3. The number of nitrogens with zero attached hydrogens (tertiary/aromatic N) is 4. The van der Waals surface area contributed by atoms with Crippen molar-refractivity contribution in [1.29, 1.82) is 0 Å². The number of aromatic nitrogens is 4. The molecule has 0 atom stereocenters. The summed E-state index contributed by atoms with van der Waals surface area (Å²) in [6.07, 6.45) is 3.18. The van der Waals surface area contributed by atoms with E-state index in [4.69, 9.17) is 12.2 Å². The van der Waals surface area contributed by atoms with Gasteiger partial charge in [-0.25, -0.2) is 9.49 Å². The molecule has 0 fully saturated rings. The van der Waals surface area contributed by atoms with Crippen LogP contribution in [0, 0.1) is 10.6 Å². The number of nitrogens with one attached hydrogen (secondary N) is 1. The molecule has 0 radical (unpaired) electrons. The van der Waals surface area contributed by atoms with Gasteiger partial charge >= 0.3 is 0 Å². The maximum absolute atomic E-state index is 13.1. The number of pyridine rings is 1. The molecule has 0 aliphatic rings. The van der Waals surface area contributed by atoms with Crippen molar-refractivity contribution in [1.82, 2.24) is 19.9 Å². The Balaban J connectivity index is 2.00. The molecule has 0 saturated carbocycles. The van der Waals surface area contributed by atoms with E-state index in [1.165, 1.54) is 23.0 Å². The van der Waals surface area contributed by atoms with E-state index in [9.17, 15) is 4.39 Å². The number of hydrogen-bond acceptors (Lipinski definition) is 4. The fourth-order valence-corrected chi connectivity index (χ4v) is 1.95. The molecular formula is C14H10FN5S. The number of hydrogen-bond donors (Lipinski definition) is 1. The van der Waals surface area contributed by atoms with Gasteiger partial charge in [-0.2, -0.15) is 14.9 Å². The maximum atomic E-state index is 13.1. The molecular weight excluding hydrogens is 289 g/mol. The van der Waals surface area contributed by atoms with Crippen LogP contribution in [0.4, 0.5) is 4.39 Å². The third kappa shape index (κ3) is 2.92. The zero-order chi connectivity index (χ0) is 14.7. The molecule has 104 valence electrons. The Bertz CT molecular complexity index is 838. The van der Waals surface area contributed by atoms with Crippen LogP contribution in [-0.2, 0) is 0 Å². The molecule has 2 heterocycles. The van der Waals surface area contributed by atoms with Gasteiger partial charge in [0.1, 0.15) is 11.5 Å². The lowest BCUT2D eigenvalue weighted by Crippen LogP contribution is -1.96. The smallest absolute Gasteiger partial charge is 0.216 e. The van der Waals surface area contributed by atoms with E-state index in [-0.39, 0.29) is 5.82 Å². The summed E-state index contributed by atoms with van der Waals surface area (Å²) in [5.74, 6) is 0.174. The highest BCUT2D eigenvalue weighted by Crippen LogP contribution is 2.13. The van der Waals surface area contributed by atoms with E-state index in [0.29, 0.717) is 21.9 Å². The van der Waals surface area contributed by atoms with Crippen LogP contribution in [-0.4, -0.2) is 26.1 Å². The minimum Gasteiger partial charge on any atom is -0.253 e. The SMILES string of the molecule is Fc1cccc(/C=N/n2c(-c3ccccn3)n[nH]c2=S)c1. The second kappa shape index (κ2) is 5.76. The summed E-state index contributed by atoms with van der Waals surface area (Å²) >= 11 is 5.14. The van der Waals surface area contributed by atoms with Gasteiger partial charge < -0.3 is 0 Å². The number of benzene rings is 1. The minimum atomic E-state index is -0.320. The van der Waals surface area contributed by atoms with E-state index >= 15 is 0 Å². The fourth-order valence-electron chi connectivity index (χ4n) is 1.77. The average molecular weight is 299 g/mol. The van der Waals surface area contributed by atoms with Crippen LogP contribution in [0.25, 0.3) is 11.5 Å². The van der Waals surface area contributed by atoms with Gasteiger partial charge in [-0.15, -0.1) is 0 Å². The fraction of sp³-hybridized carbons (Fsp3) is 0. The minimum absolute atomic E-state index is 0.320. The van der Waals surface area contributed by atoms with Gasteiger partial charge in [0.05, 0.1) is 6.21 Å². The number of aromatic amines is 1. The first kappa shape index (κ1) is 13.3. The van der Waals surface area contributed by atoms with Crippen molar-refractivity contribution in [3.63, 3.8) is 0 Å². The largest absolute Gasteiger partial charge is 0.253 e. The van der Waals surface area contributed by atoms with Crippen LogP contribution >= 0.6 is 12.2 Å². The van der Waals surface area contributed by atoms with Crippen molar-refractivity contribution in [2.24, 2.45) is 5.10 Å². The molecule has 3 aromatic rings. The van der Waals surface area contributed by atoms with Crippen LogP contribution in [0.3, 0.4) is 0 Å². The summed E-state index contributed by atoms with van der Waals surface area (Å²) in [4.78, 5) is 4.21. The van der Waals surface area contributed by atoms with Gasteiger partial charge in [0.25, 0.3) is 0 Å². The second-order valence-electron chi connectivity index (χ2n) is 4.18. The lowest BCUT2D eigenvalue weighted by molar-refractivity contribution is 0.627. The molecule has 0 spiro atoms. The summed E-state index contributed by atoms with van der Waals surface area (Å²) < 4.78 is 14.9. The summed E-state index contributed by atoms with van der Waals surface area (Å²) in [5.41, 5.74) is 1.27. The van der Waals surface area contributed by atoms with E-state index in [1.54, 1.807) is 24.4 Å². The van der Waals surface area contributed by atoms with E-state index < -0.39 is 0 Å². The maximum Gasteiger partial charge on any atom is 0.216 e. The molecule has 0 amide bonds. The molecule has 5 nitrogen and oxygen atoms in total. The summed E-state index contributed by atoms with van der Waals surface area (Å²) in [6, 6.07) is 11.6. The average Bonchev–Trinajstić information content (AvgIpc) is 2.87. The first-order valence-electron chi connectivity index (χ1n) is 6.13. The van der Waals surface area contributed by atoms with E-state index in [2.05, 4.69) is 20.3 Å². The summed E-state index contributed by atoms with van der Waals surface area (Å²) in [7, 11) is 0. The third-order valence-corrected chi connectivity index (χ3v) is 2.98.